The summed E-state index contributed by atoms with van der Waals surface area (Å²) in [6.07, 6.45) is 1.28. The summed E-state index contributed by atoms with van der Waals surface area (Å²) in [6.45, 7) is 1.87. The van der Waals surface area contributed by atoms with Crippen LogP contribution in [-0.4, -0.2) is 16.6 Å². The first kappa shape index (κ1) is 20.5. The Balaban J connectivity index is 1.83. The van der Waals surface area contributed by atoms with Crippen molar-refractivity contribution in [2.24, 2.45) is 5.73 Å². The van der Waals surface area contributed by atoms with Crippen molar-refractivity contribution in [3.63, 3.8) is 0 Å². The number of non-ortho nitro benzene ring substituents is 1. The molecule has 3 N–H and O–H groups in total. The number of rotatable bonds is 2. The number of hydrogen-bond acceptors (Lipinski definition) is 7. The summed E-state index contributed by atoms with van der Waals surface area (Å²) in [5.74, 6) is -0.661. The van der Waals surface area contributed by atoms with Crippen LogP contribution >= 0.6 is 0 Å². The van der Waals surface area contributed by atoms with Gasteiger partial charge in [-0.3, -0.25) is 24.6 Å². The van der Waals surface area contributed by atoms with E-state index in [4.69, 9.17) is 5.73 Å². The standard InChI is InChI=1S/C24H19N5O4/c1-13-5-10-18-16(11-13)24(23(31)27-18)17(12-25)22(26)28(19-3-2-4-20(30)21(19)24)14-6-8-15(9-7-14)29(32)33/h5-11H,2-4,26H2,1H3,(H,27,31). The van der Waals surface area contributed by atoms with Gasteiger partial charge in [0.15, 0.2) is 5.78 Å². The number of nitro groups is 1. The van der Waals surface area contributed by atoms with Crippen molar-refractivity contribution in [3.8, 4) is 6.07 Å². The molecule has 1 spiro atoms. The largest absolute Gasteiger partial charge is 0.384 e. The molecule has 2 aromatic rings. The lowest BCUT2D eigenvalue weighted by atomic mass is 9.63. The number of nitrogens with zero attached hydrogens (tertiary/aromatic N) is 3. The molecule has 9 heteroatoms. The minimum absolute atomic E-state index is 0.0308. The Morgan fingerprint density at radius 3 is 2.58 bits per heavy atom. The third kappa shape index (κ3) is 2.64. The van der Waals surface area contributed by atoms with Crippen LogP contribution in [0.1, 0.15) is 30.4 Å². The number of ketones is 1. The monoisotopic (exact) mass is 441 g/mol. The number of nitro benzene ring substituents is 1. The predicted molar refractivity (Wildman–Crippen MR) is 120 cm³/mol. The van der Waals surface area contributed by atoms with E-state index < -0.39 is 16.2 Å². The molecule has 1 amide bonds. The van der Waals surface area contributed by atoms with Gasteiger partial charge in [0.2, 0.25) is 5.91 Å². The smallest absolute Gasteiger partial charge is 0.269 e. The van der Waals surface area contributed by atoms with Gasteiger partial charge in [-0.1, -0.05) is 17.7 Å². The van der Waals surface area contributed by atoms with Crippen LogP contribution in [0.4, 0.5) is 17.1 Å². The molecule has 2 aromatic carbocycles. The number of nitrogens with one attached hydrogen (secondary N) is 1. The van der Waals surface area contributed by atoms with Crippen molar-refractivity contribution in [2.45, 2.75) is 31.6 Å². The first-order valence-electron chi connectivity index (χ1n) is 10.4. The summed E-state index contributed by atoms with van der Waals surface area (Å²) < 4.78 is 0. The van der Waals surface area contributed by atoms with E-state index in [9.17, 15) is 25.0 Å². The Morgan fingerprint density at radius 1 is 1.18 bits per heavy atom. The maximum atomic E-state index is 13.6. The summed E-state index contributed by atoms with van der Waals surface area (Å²) in [4.78, 5) is 39.1. The molecule has 2 heterocycles. The van der Waals surface area contributed by atoms with Crippen molar-refractivity contribution in [3.05, 3.63) is 86.4 Å². The second kappa shape index (κ2) is 7.03. The second-order valence-corrected chi connectivity index (χ2v) is 8.33. The third-order valence-corrected chi connectivity index (χ3v) is 6.50. The zero-order chi connectivity index (χ0) is 23.5. The summed E-state index contributed by atoms with van der Waals surface area (Å²) >= 11 is 0. The summed E-state index contributed by atoms with van der Waals surface area (Å²) in [5.41, 5.74) is 8.04. The van der Waals surface area contributed by atoms with Crippen LogP contribution in [0.5, 0.6) is 0 Å². The Morgan fingerprint density at radius 2 is 1.91 bits per heavy atom. The van der Waals surface area contributed by atoms with Crippen LogP contribution < -0.4 is 16.0 Å². The number of nitrogens with two attached hydrogens (primary N) is 1. The van der Waals surface area contributed by atoms with E-state index >= 15 is 0 Å². The van der Waals surface area contributed by atoms with Crippen LogP contribution in [0.25, 0.3) is 0 Å². The van der Waals surface area contributed by atoms with Crippen molar-refractivity contribution in [2.75, 3.05) is 10.2 Å². The molecular formula is C24H19N5O4. The lowest BCUT2D eigenvalue weighted by Gasteiger charge is -2.43. The van der Waals surface area contributed by atoms with Crippen LogP contribution in [0.3, 0.4) is 0 Å². The normalized spacial score (nSPS) is 21.6. The highest BCUT2D eigenvalue weighted by Crippen LogP contribution is 2.55. The topological polar surface area (TPSA) is 142 Å². The van der Waals surface area contributed by atoms with Gasteiger partial charge >= 0.3 is 0 Å². The number of carbonyl (C=O) groups excluding carboxylic acids is 2. The van der Waals surface area contributed by atoms with Crippen LogP contribution in [0.2, 0.25) is 0 Å². The molecule has 164 valence electrons. The van der Waals surface area contributed by atoms with E-state index in [0.717, 1.165) is 5.56 Å². The molecule has 3 aliphatic rings. The predicted octanol–water partition coefficient (Wildman–Crippen LogP) is 3.31. The molecule has 0 aromatic heterocycles. The second-order valence-electron chi connectivity index (χ2n) is 8.33. The highest BCUT2D eigenvalue weighted by atomic mass is 16.6. The van der Waals surface area contributed by atoms with E-state index in [0.29, 0.717) is 35.5 Å². The Bertz CT molecular complexity index is 1370. The maximum Gasteiger partial charge on any atom is 0.269 e. The molecule has 5 rings (SSSR count). The molecule has 0 fully saturated rings. The average molecular weight is 441 g/mol. The first-order chi connectivity index (χ1) is 15.8. The van der Waals surface area contributed by atoms with Crippen molar-refractivity contribution >= 4 is 28.8 Å². The molecule has 1 aliphatic carbocycles. The van der Waals surface area contributed by atoms with Crippen LogP contribution in [-0.2, 0) is 15.0 Å². The Labute approximate surface area is 188 Å². The van der Waals surface area contributed by atoms with Crippen LogP contribution in [0.15, 0.2) is 65.1 Å². The van der Waals surface area contributed by atoms with E-state index in [1.165, 1.54) is 24.3 Å². The lowest BCUT2D eigenvalue weighted by molar-refractivity contribution is -0.384. The number of aryl methyl sites for hydroxylation is 1. The zero-order valence-electron chi connectivity index (χ0n) is 17.7. The molecule has 1 atom stereocenters. The van der Waals surface area contributed by atoms with Crippen molar-refractivity contribution < 1.29 is 14.5 Å². The summed E-state index contributed by atoms with van der Waals surface area (Å²) in [5, 5.41) is 24.2. The van der Waals surface area contributed by atoms with Gasteiger partial charge in [0.25, 0.3) is 5.69 Å². The van der Waals surface area contributed by atoms with E-state index in [1.54, 1.807) is 11.0 Å². The lowest BCUT2D eigenvalue weighted by Crippen LogP contribution is -2.50. The minimum atomic E-state index is -1.62. The molecule has 0 saturated carbocycles. The molecule has 9 nitrogen and oxygen atoms in total. The maximum absolute atomic E-state index is 13.6. The van der Waals surface area contributed by atoms with Crippen LogP contribution in [0, 0.1) is 28.4 Å². The Hall–Kier alpha value is -4.45. The molecule has 0 saturated heterocycles. The summed E-state index contributed by atoms with van der Waals surface area (Å²) in [7, 11) is 0. The van der Waals surface area contributed by atoms with Crippen molar-refractivity contribution in [1.29, 1.82) is 5.26 Å². The van der Waals surface area contributed by atoms with Gasteiger partial charge in [0.05, 0.1) is 10.5 Å². The van der Waals surface area contributed by atoms with Gasteiger partial charge in [-0.2, -0.15) is 5.26 Å². The molecule has 1 unspecified atom stereocenters. The number of nitriles is 1. The number of benzene rings is 2. The highest BCUT2D eigenvalue weighted by Gasteiger charge is 2.60. The number of hydrogen-bond donors (Lipinski definition) is 2. The highest BCUT2D eigenvalue weighted by molar-refractivity contribution is 6.19. The van der Waals surface area contributed by atoms with E-state index in [2.05, 4.69) is 11.4 Å². The van der Waals surface area contributed by atoms with Gasteiger partial charge in [-0.15, -0.1) is 0 Å². The fourth-order valence-corrected chi connectivity index (χ4v) is 5.12. The van der Waals surface area contributed by atoms with Gasteiger partial charge in [-0.25, -0.2) is 0 Å². The SMILES string of the molecule is Cc1ccc2c(c1)C1(C(=O)N2)C(C#N)=C(N)N(c2ccc([N+](=O)[O-])cc2)C2=C1C(=O)CCC2. The molecule has 33 heavy (non-hydrogen) atoms. The summed E-state index contributed by atoms with van der Waals surface area (Å²) in [6, 6.07) is 13.3. The number of Topliss-reactive ketones (excluding diaryl/α,β-unsaturated/α-hetero) is 1. The van der Waals surface area contributed by atoms with Gasteiger partial charge < -0.3 is 11.1 Å². The van der Waals surface area contributed by atoms with E-state index in [-0.39, 0.29) is 34.9 Å². The fraction of sp³-hybridized carbons (Fsp3) is 0.208. The first-order valence-corrected chi connectivity index (χ1v) is 10.4. The van der Waals surface area contributed by atoms with Gasteiger partial charge in [-0.05, 0) is 38.0 Å². The van der Waals surface area contributed by atoms with Crippen molar-refractivity contribution in [1.82, 2.24) is 0 Å². The number of carbonyl (C=O) groups is 2. The van der Waals surface area contributed by atoms with Gasteiger partial charge in [0.1, 0.15) is 17.3 Å². The van der Waals surface area contributed by atoms with E-state index in [1.807, 2.05) is 19.1 Å². The zero-order valence-corrected chi connectivity index (χ0v) is 17.7. The number of anilines is 2. The number of allylic oxidation sites excluding steroid dienone is 1. The quantitative estimate of drug-likeness (QED) is 0.538. The fourth-order valence-electron chi connectivity index (χ4n) is 5.12. The number of fused-ring (bicyclic) bond motifs is 3. The van der Waals surface area contributed by atoms with Gasteiger partial charge in [0, 0.05) is 46.8 Å². The Kier molecular flexibility index (Phi) is 4.36. The molecule has 2 aliphatic heterocycles. The average Bonchev–Trinajstić information content (AvgIpc) is 3.06. The molecule has 0 radical (unpaired) electrons. The molecule has 0 bridgehead atoms. The number of amides is 1. The molecular weight excluding hydrogens is 422 g/mol. The minimum Gasteiger partial charge on any atom is -0.384 e. The third-order valence-electron chi connectivity index (χ3n) is 6.50.